The molecule has 5 heteroatoms. The number of aromatic amines is 1. The number of aromatic nitrogens is 3. The first-order valence-electron chi connectivity index (χ1n) is 8.21. The summed E-state index contributed by atoms with van der Waals surface area (Å²) in [6.07, 6.45) is 2.97. The molecule has 0 spiro atoms. The van der Waals surface area contributed by atoms with Crippen LogP contribution in [0.25, 0.3) is 21.9 Å². The lowest BCUT2D eigenvalue weighted by atomic mass is 9.92. The van der Waals surface area contributed by atoms with E-state index in [-0.39, 0.29) is 0 Å². The SMILES string of the molecule is COc1ccc2c(c1)[nH]c1c(N3C[C@@H](C)C[C@H](C)C3)ncnc12. The van der Waals surface area contributed by atoms with Crippen molar-refractivity contribution in [3.63, 3.8) is 0 Å². The highest BCUT2D eigenvalue weighted by Gasteiger charge is 2.25. The summed E-state index contributed by atoms with van der Waals surface area (Å²) in [7, 11) is 1.69. The molecule has 3 aromatic rings. The van der Waals surface area contributed by atoms with Crippen LogP contribution >= 0.6 is 0 Å². The van der Waals surface area contributed by atoms with Crippen LogP contribution in [0.3, 0.4) is 0 Å². The molecule has 23 heavy (non-hydrogen) atoms. The number of ether oxygens (including phenoxy) is 1. The zero-order chi connectivity index (χ0) is 16.0. The monoisotopic (exact) mass is 310 g/mol. The summed E-state index contributed by atoms with van der Waals surface area (Å²) in [5.41, 5.74) is 3.05. The Kier molecular flexibility index (Phi) is 3.36. The average molecular weight is 310 g/mol. The smallest absolute Gasteiger partial charge is 0.156 e. The van der Waals surface area contributed by atoms with Crippen molar-refractivity contribution in [2.24, 2.45) is 11.8 Å². The summed E-state index contributed by atoms with van der Waals surface area (Å²) < 4.78 is 5.33. The maximum absolute atomic E-state index is 5.33. The number of benzene rings is 1. The van der Waals surface area contributed by atoms with Crippen LogP contribution in [0, 0.1) is 11.8 Å². The van der Waals surface area contributed by atoms with E-state index < -0.39 is 0 Å². The Bertz CT molecular complexity index is 847. The predicted octanol–water partition coefficient (Wildman–Crippen LogP) is 3.60. The van der Waals surface area contributed by atoms with Gasteiger partial charge in [-0.25, -0.2) is 9.97 Å². The van der Waals surface area contributed by atoms with Crippen LogP contribution in [0.2, 0.25) is 0 Å². The third-order valence-electron chi connectivity index (χ3n) is 4.74. The fraction of sp³-hybridized carbons (Fsp3) is 0.444. The van der Waals surface area contributed by atoms with Gasteiger partial charge < -0.3 is 14.6 Å². The Morgan fingerprint density at radius 3 is 2.70 bits per heavy atom. The number of methoxy groups -OCH3 is 1. The maximum atomic E-state index is 5.33. The van der Waals surface area contributed by atoms with Crippen molar-refractivity contribution in [2.45, 2.75) is 20.3 Å². The van der Waals surface area contributed by atoms with Crippen molar-refractivity contribution in [3.8, 4) is 5.75 Å². The largest absolute Gasteiger partial charge is 0.497 e. The fourth-order valence-electron chi connectivity index (χ4n) is 3.87. The van der Waals surface area contributed by atoms with E-state index in [4.69, 9.17) is 4.74 Å². The van der Waals surface area contributed by atoms with Gasteiger partial charge in [-0.05, 0) is 30.4 Å². The number of rotatable bonds is 2. The standard InChI is InChI=1S/C18H22N4O/c1-11-6-12(2)9-22(8-11)18-17-16(19-10-20-18)14-5-4-13(23-3)7-15(14)21-17/h4-5,7,10-12,21H,6,8-9H2,1-3H3/t11-,12-/m0/s1. The fourth-order valence-corrected chi connectivity index (χ4v) is 3.87. The normalized spacial score (nSPS) is 22.0. The van der Waals surface area contributed by atoms with Crippen LogP contribution < -0.4 is 9.64 Å². The highest BCUT2D eigenvalue weighted by molar-refractivity contribution is 6.08. The summed E-state index contributed by atoms with van der Waals surface area (Å²) in [6, 6.07) is 6.05. The Labute approximate surface area is 135 Å². The van der Waals surface area contributed by atoms with Crippen molar-refractivity contribution >= 4 is 27.8 Å². The number of hydrogen-bond acceptors (Lipinski definition) is 4. The van der Waals surface area contributed by atoms with E-state index in [1.807, 2.05) is 12.1 Å². The molecule has 0 aliphatic carbocycles. The molecule has 0 amide bonds. The molecule has 5 nitrogen and oxygen atoms in total. The van der Waals surface area contributed by atoms with Crippen molar-refractivity contribution in [2.75, 3.05) is 25.1 Å². The summed E-state index contributed by atoms with van der Waals surface area (Å²) >= 11 is 0. The van der Waals surface area contributed by atoms with E-state index in [9.17, 15) is 0 Å². The summed E-state index contributed by atoms with van der Waals surface area (Å²) in [5, 5.41) is 1.11. The number of anilines is 1. The molecular weight excluding hydrogens is 288 g/mol. The predicted molar refractivity (Wildman–Crippen MR) is 93.1 cm³/mol. The summed E-state index contributed by atoms with van der Waals surface area (Å²) in [6.45, 7) is 6.73. The highest BCUT2D eigenvalue weighted by Crippen LogP contribution is 2.33. The van der Waals surface area contributed by atoms with Gasteiger partial charge in [0.2, 0.25) is 0 Å². The summed E-state index contributed by atoms with van der Waals surface area (Å²) in [5.74, 6) is 3.24. The van der Waals surface area contributed by atoms with E-state index >= 15 is 0 Å². The highest BCUT2D eigenvalue weighted by atomic mass is 16.5. The second-order valence-electron chi connectivity index (χ2n) is 6.81. The molecule has 120 valence electrons. The average Bonchev–Trinajstić information content (AvgIpc) is 2.91. The van der Waals surface area contributed by atoms with E-state index in [1.165, 1.54) is 6.42 Å². The van der Waals surface area contributed by atoms with Crippen LogP contribution in [-0.2, 0) is 0 Å². The second-order valence-corrected chi connectivity index (χ2v) is 6.81. The van der Waals surface area contributed by atoms with Gasteiger partial charge in [0.05, 0.1) is 12.6 Å². The van der Waals surface area contributed by atoms with Gasteiger partial charge in [0, 0.05) is 24.5 Å². The van der Waals surface area contributed by atoms with Gasteiger partial charge in [0.15, 0.2) is 5.82 Å². The Hall–Kier alpha value is -2.30. The first-order chi connectivity index (χ1) is 11.2. The maximum Gasteiger partial charge on any atom is 0.156 e. The Morgan fingerprint density at radius 2 is 1.96 bits per heavy atom. The molecule has 0 radical (unpaired) electrons. The number of piperidine rings is 1. The molecule has 1 fully saturated rings. The Balaban J connectivity index is 1.87. The molecular formula is C18H22N4O. The van der Waals surface area contributed by atoms with E-state index in [1.54, 1.807) is 13.4 Å². The molecule has 2 aromatic heterocycles. The lowest BCUT2D eigenvalue weighted by molar-refractivity contribution is 0.356. The van der Waals surface area contributed by atoms with E-state index in [0.717, 1.165) is 46.6 Å². The third kappa shape index (κ3) is 2.40. The van der Waals surface area contributed by atoms with Crippen molar-refractivity contribution in [1.29, 1.82) is 0 Å². The number of H-pyrrole nitrogens is 1. The first-order valence-corrected chi connectivity index (χ1v) is 8.21. The van der Waals surface area contributed by atoms with Gasteiger partial charge in [-0.2, -0.15) is 0 Å². The second kappa shape index (κ2) is 5.41. The van der Waals surface area contributed by atoms with Crippen molar-refractivity contribution < 1.29 is 4.74 Å². The van der Waals surface area contributed by atoms with Gasteiger partial charge in [0.1, 0.15) is 23.1 Å². The minimum absolute atomic E-state index is 0.688. The van der Waals surface area contributed by atoms with E-state index in [0.29, 0.717) is 11.8 Å². The molecule has 1 aliphatic rings. The first kappa shape index (κ1) is 14.3. The molecule has 2 atom stereocenters. The minimum Gasteiger partial charge on any atom is -0.497 e. The minimum atomic E-state index is 0.688. The van der Waals surface area contributed by atoms with Gasteiger partial charge >= 0.3 is 0 Å². The van der Waals surface area contributed by atoms with Gasteiger partial charge in [-0.1, -0.05) is 13.8 Å². The van der Waals surface area contributed by atoms with Gasteiger partial charge in [0.25, 0.3) is 0 Å². The molecule has 0 bridgehead atoms. The quantitative estimate of drug-likeness (QED) is 0.786. The third-order valence-corrected chi connectivity index (χ3v) is 4.74. The van der Waals surface area contributed by atoms with Crippen LogP contribution in [-0.4, -0.2) is 35.2 Å². The van der Waals surface area contributed by atoms with Crippen molar-refractivity contribution in [1.82, 2.24) is 15.0 Å². The molecule has 0 saturated carbocycles. The molecule has 0 unspecified atom stereocenters. The number of nitrogens with one attached hydrogen (secondary N) is 1. The van der Waals surface area contributed by atoms with Crippen LogP contribution in [0.1, 0.15) is 20.3 Å². The van der Waals surface area contributed by atoms with E-state index in [2.05, 4.69) is 39.8 Å². The molecule has 1 aromatic carbocycles. The Morgan fingerprint density at radius 1 is 1.17 bits per heavy atom. The number of nitrogens with zero attached hydrogens (tertiary/aromatic N) is 3. The lowest BCUT2D eigenvalue weighted by Gasteiger charge is -2.35. The molecule has 4 rings (SSSR count). The number of hydrogen-bond donors (Lipinski definition) is 1. The van der Waals surface area contributed by atoms with Crippen LogP contribution in [0.5, 0.6) is 5.75 Å². The lowest BCUT2D eigenvalue weighted by Crippen LogP contribution is -2.39. The molecule has 1 N–H and O–H groups in total. The molecule has 1 saturated heterocycles. The van der Waals surface area contributed by atoms with Crippen LogP contribution in [0.4, 0.5) is 5.82 Å². The number of fused-ring (bicyclic) bond motifs is 3. The van der Waals surface area contributed by atoms with Gasteiger partial charge in [-0.3, -0.25) is 0 Å². The topological polar surface area (TPSA) is 54.0 Å². The molecule has 3 heterocycles. The zero-order valence-electron chi connectivity index (χ0n) is 13.8. The zero-order valence-corrected chi connectivity index (χ0v) is 13.8. The summed E-state index contributed by atoms with van der Waals surface area (Å²) in [4.78, 5) is 15.0. The van der Waals surface area contributed by atoms with Gasteiger partial charge in [-0.15, -0.1) is 0 Å². The van der Waals surface area contributed by atoms with Crippen molar-refractivity contribution in [3.05, 3.63) is 24.5 Å². The molecule has 1 aliphatic heterocycles. The van der Waals surface area contributed by atoms with Crippen LogP contribution in [0.15, 0.2) is 24.5 Å².